The topological polar surface area (TPSA) is 79.3 Å². The van der Waals surface area contributed by atoms with Crippen molar-refractivity contribution in [2.75, 3.05) is 18.5 Å². The first-order valence-electron chi connectivity index (χ1n) is 9.78. The fraction of sp³-hybridized carbons (Fsp3) is 0.273. The third kappa shape index (κ3) is 4.94. The molecule has 1 unspecified atom stereocenters. The number of aromatic nitrogens is 2. The van der Waals surface area contributed by atoms with Gasteiger partial charge in [-0.25, -0.2) is 14.4 Å². The molecule has 0 amide bonds. The highest BCUT2D eigenvalue weighted by Gasteiger charge is 2.13. The minimum Gasteiger partial charge on any atom is -0.377 e. The number of nitrogens with one attached hydrogen (secondary N) is 2. The predicted molar refractivity (Wildman–Crippen MR) is 114 cm³/mol. The number of aliphatic hydroxyl groups excluding tert-OH is 1. The molecule has 30 heavy (non-hydrogen) atoms. The van der Waals surface area contributed by atoms with Gasteiger partial charge in [0, 0.05) is 29.1 Å². The number of hydrogen-bond donors (Lipinski definition) is 3. The lowest BCUT2D eigenvalue weighted by molar-refractivity contribution is 0.112. The molecule has 6 nitrogen and oxygen atoms in total. The third-order valence-corrected chi connectivity index (χ3v) is 5.22. The van der Waals surface area contributed by atoms with E-state index in [4.69, 9.17) is 16.3 Å². The van der Waals surface area contributed by atoms with Crippen molar-refractivity contribution >= 4 is 23.2 Å². The lowest BCUT2D eigenvalue weighted by atomic mass is 10.1. The lowest BCUT2D eigenvalue weighted by Crippen LogP contribution is -2.22. The number of anilines is 2. The molecule has 2 aliphatic heterocycles. The Labute approximate surface area is 179 Å². The van der Waals surface area contributed by atoms with E-state index in [1.165, 1.54) is 6.07 Å². The van der Waals surface area contributed by atoms with E-state index < -0.39 is 12.0 Å². The average molecular weight is 429 g/mol. The van der Waals surface area contributed by atoms with Crippen LogP contribution in [0.25, 0.3) is 11.3 Å². The number of hydrogen-bond acceptors (Lipinski definition) is 6. The van der Waals surface area contributed by atoms with Gasteiger partial charge in [-0.05, 0) is 66.9 Å². The van der Waals surface area contributed by atoms with Crippen molar-refractivity contribution in [3.8, 4) is 11.3 Å². The fourth-order valence-electron chi connectivity index (χ4n) is 3.24. The van der Waals surface area contributed by atoms with E-state index in [0.29, 0.717) is 47.6 Å². The second-order valence-corrected chi connectivity index (χ2v) is 7.46. The van der Waals surface area contributed by atoms with Crippen LogP contribution < -0.4 is 10.6 Å². The van der Waals surface area contributed by atoms with Gasteiger partial charge in [0.1, 0.15) is 12.0 Å². The van der Waals surface area contributed by atoms with Crippen molar-refractivity contribution in [3.05, 3.63) is 70.6 Å². The van der Waals surface area contributed by atoms with Gasteiger partial charge in [-0.1, -0.05) is 17.7 Å². The summed E-state index contributed by atoms with van der Waals surface area (Å²) in [5.74, 6) is -0.122. The zero-order valence-corrected chi connectivity index (χ0v) is 17.0. The van der Waals surface area contributed by atoms with Gasteiger partial charge in [0.25, 0.3) is 0 Å². The first-order chi connectivity index (χ1) is 14.6. The molecule has 8 heteroatoms. The highest BCUT2D eigenvalue weighted by molar-refractivity contribution is 6.31. The van der Waals surface area contributed by atoms with Crippen molar-refractivity contribution in [1.82, 2.24) is 15.3 Å². The van der Waals surface area contributed by atoms with Crippen LogP contribution in [0, 0.1) is 5.82 Å². The van der Waals surface area contributed by atoms with Crippen LogP contribution in [0.2, 0.25) is 5.02 Å². The summed E-state index contributed by atoms with van der Waals surface area (Å²) >= 11 is 6.29. The van der Waals surface area contributed by atoms with Gasteiger partial charge in [-0.2, -0.15) is 0 Å². The van der Waals surface area contributed by atoms with Crippen molar-refractivity contribution in [2.45, 2.75) is 25.7 Å². The van der Waals surface area contributed by atoms with Crippen molar-refractivity contribution in [3.63, 3.8) is 0 Å². The zero-order valence-electron chi connectivity index (χ0n) is 16.2. The summed E-state index contributed by atoms with van der Waals surface area (Å²) < 4.78 is 20.5. The molecule has 3 heterocycles. The third-order valence-electron chi connectivity index (χ3n) is 4.85. The quantitative estimate of drug-likeness (QED) is 0.486. The van der Waals surface area contributed by atoms with Crippen LogP contribution in [0.15, 0.2) is 48.7 Å². The summed E-state index contributed by atoms with van der Waals surface area (Å²) in [5.41, 5.74) is 2.85. The van der Waals surface area contributed by atoms with E-state index in [9.17, 15) is 9.50 Å². The number of aliphatic hydroxyl groups is 1. The molecule has 0 aliphatic carbocycles. The highest BCUT2D eigenvalue weighted by atomic mass is 35.5. The van der Waals surface area contributed by atoms with E-state index in [-0.39, 0.29) is 0 Å². The van der Waals surface area contributed by atoms with Crippen LogP contribution in [-0.2, 0) is 11.3 Å². The van der Waals surface area contributed by atoms with Gasteiger partial charge in [0.2, 0.25) is 5.95 Å². The van der Waals surface area contributed by atoms with Gasteiger partial charge in [0.15, 0.2) is 0 Å². The zero-order chi connectivity index (χ0) is 20.9. The minimum atomic E-state index is -0.945. The van der Waals surface area contributed by atoms with Gasteiger partial charge in [0.05, 0.1) is 12.3 Å². The summed E-state index contributed by atoms with van der Waals surface area (Å²) in [6.45, 7) is 1.55. The summed E-state index contributed by atoms with van der Waals surface area (Å²) in [6.07, 6.45) is 2.26. The molecule has 2 aromatic carbocycles. The molecule has 0 saturated heterocycles. The molecule has 0 fully saturated rings. The van der Waals surface area contributed by atoms with Gasteiger partial charge >= 0.3 is 0 Å². The van der Waals surface area contributed by atoms with E-state index in [2.05, 4.69) is 20.6 Å². The van der Waals surface area contributed by atoms with E-state index in [1.54, 1.807) is 30.5 Å². The number of ether oxygens (including phenoxy) is 1. The van der Waals surface area contributed by atoms with Crippen molar-refractivity contribution in [2.24, 2.45) is 0 Å². The molecule has 3 aromatic rings. The van der Waals surface area contributed by atoms with E-state index in [1.807, 2.05) is 12.1 Å². The number of benzene rings is 2. The number of halogens is 2. The Balaban J connectivity index is 1.68. The molecule has 6 bridgehead atoms. The lowest BCUT2D eigenvalue weighted by Gasteiger charge is -2.14. The Morgan fingerprint density at radius 3 is 2.90 bits per heavy atom. The molecule has 1 atom stereocenters. The van der Waals surface area contributed by atoms with Crippen LogP contribution in [0.3, 0.4) is 0 Å². The smallest absolute Gasteiger partial charge is 0.227 e. The van der Waals surface area contributed by atoms with Crippen molar-refractivity contribution < 1.29 is 14.2 Å². The SMILES string of the molecule is OC1NCCCCOCc2cc(ccc2Cl)Nc2nccc(n2)-c2ccc1cc2F. The van der Waals surface area contributed by atoms with Crippen LogP contribution in [0.4, 0.5) is 16.0 Å². The maximum absolute atomic E-state index is 14.8. The Bertz CT molecular complexity index is 1030. The summed E-state index contributed by atoms with van der Waals surface area (Å²) in [6, 6.07) is 11.8. The largest absolute Gasteiger partial charge is 0.377 e. The predicted octanol–water partition coefficient (Wildman–Crippen LogP) is 4.57. The van der Waals surface area contributed by atoms with Crippen molar-refractivity contribution in [1.29, 1.82) is 0 Å². The Morgan fingerprint density at radius 1 is 1.13 bits per heavy atom. The van der Waals surface area contributed by atoms with Crippen LogP contribution in [0.1, 0.15) is 30.2 Å². The van der Waals surface area contributed by atoms with Gasteiger partial charge in [-0.15, -0.1) is 0 Å². The Hall–Kier alpha value is -2.58. The molecule has 0 radical (unpaired) electrons. The van der Waals surface area contributed by atoms with Crippen LogP contribution >= 0.6 is 11.6 Å². The Morgan fingerprint density at radius 2 is 2.03 bits per heavy atom. The normalized spacial score (nSPS) is 17.5. The van der Waals surface area contributed by atoms with Gasteiger partial charge in [-0.3, -0.25) is 5.32 Å². The summed E-state index contributed by atoms with van der Waals surface area (Å²) in [5, 5.41) is 17.0. The molecule has 3 N–H and O–H groups in total. The summed E-state index contributed by atoms with van der Waals surface area (Å²) in [4.78, 5) is 8.66. The number of rotatable bonds is 0. The van der Waals surface area contributed by atoms with Crippen LogP contribution in [-0.4, -0.2) is 28.2 Å². The second-order valence-electron chi connectivity index (χ2n) is 7.05. The summed E-state index contributed by atoms with van der Waals surface area (Å²) in [7, 11) is 0. The molecule has 5 rings (SSSR count). The first kappa shape index (κ1) is 20.7. The van der Waals surface area contributed by atoms with Crippen LogP contribution in [0.5, 0.6) is 0 Å². The molecule has 1 aromatic heterocycles. The number of fused-ring (bicyclic) bond motifs is 9. The maximum atomic E-state index is 14.8. The highest BCUT2D eigenvalue weighted by Crippen LogP contribution is 2.26. The molecule has 156 valence electrons. The fourth-order valence-corrected chi connectivity index (χ4v) is 3.41. The number of nitrogens with zero attached hydrogens (tertiary/aromatic N) is 2. The molecular formula is C22H22ClFN4O2. The molecule has 2 aliphatic rings. The monoisotopic (exact) mass is 428 g/mol. The minimum absolute atomic E-state index is 0.333. The molecule has 0 saturated carbocycles. The Kier molecular flexibility index (Phi) is 6.54. The van der Waals surface area contributed by atoms with Gasteiger partial charge < -0.3 is 15.2 Å². The standard InChI is InChI=1S/C22H22ClFN4O2/c23-18-6-4-16-11-15(18)13-30-10-2-1-8-25-21(29)14-3-5-17(19(24)12-14)20-7-9-26-22(27-16)28-20/h3-7,9,11-12,21,25,29H,1-2,8,10,13H2,(H,26,27,28). The second kappa shape index (κ2) is 9.49. The van der Waals surface area contributed by atoms with E-state index in [0.717, 1.165) is 24.1 Å². The van der Waals surface area contributed by atoms with E-state index >= 15 is 0 Å². The molecule has 0 spiro atoms. The maximum Gasteiger partial charge on any atom is 0.227 e. The first-order valence-corrected chi connectivity index (χ1v) is 10.2. The average Bonchev–Trinajstić information content (AvgIpc) is 2.74. The molecular weight excluding hydrogens is 407 g/mol.